The molecule has 0 fully saturated rings. The highest BCUT2D eigenvalue weighted by Crippen LogP contribution is 2.45. The van der Waals surface area contributed by atoms with Crippen LogP contribution in [-0.2, 0) is 65.4 Å². The van der Waals surface area contributed by atoms with E-state index in [4.69, 9.17) is 37.0 Å². The Kier molecular flexibility index (Phi) is 68.4. The summed E-state index contributed by atoms with van der Waals surface area (Å²) in [7, 11) is -9.95. The zero-order chi connectivity index (χ0) is 71.8. The van der Waals surface area contributed by atoms with Crippen molar-refractivity contribution in [2.24, 2.45) is 0 Å². The number of hydrogen-bond acceptors (Lipinski definition) is 15. The van der Waals surface area contributed by atoms with Crippen molar-refractivity contribution in [3.05, 3.63) is 97.2 Å². The number of allylic oxidation sites excluding steroid dienone is 16. The molecule has 0 amide bonds. The first kappa shape index (κ1) is 94.0. The number of hydrogen-bond donors (Lipinski definition) is 3. The minimum atomic E-state index is -4.98. The molecule has 3 N–H and O–H groups in total. The molecule has 0 aliphatic carbocycles. The van der Waals surface area contributed by atoms with Crippen LogP contribution in [0.25, 0.3) is 0 Å². The van der Waals surface area contributed by atoms with E-state index >= 15 is 0 Å². The fourth-order valence-electron chi connectivity index (χ4n) is 10.1. The summed E-state index contributed by atoms with van der Waals surface area (Å²) in [5.41, 5.74) is 0. The van der Waals surface area contributed by atoms with E-state index in [9.17, 15) is 43.2 Å². The fraction of sp³-hybridized carbons (Fsp3) is 0.747. The van der Waals surface area contributed by atoms with Crippen molar-refractivity contribution < 1.29 is 80.2 Å². The van der Waals surface area contributed by atoms with Gasteiger partial charge >= 0.3 is 39.5 Å². The molecular weight excluding hydrogens is 1280 g/mol. The monoisotopic (exact) mass is 1420 g/mol. The van der Waals surface area contributed by atoms with Gasteiger partial charge in [-0.15, -0.1) is 0 Å². The molecule has 5 atom stereocenters. The highest BCUT2D eigenvalue weighted by molar-refractivity contribution is 7.47. The molecule has 0 saturated heterocycles. The third-order valence-corrected chi connectivity index (χ3v) is 17.9. The van der Waals surface area contributed by atoms with Crippen LogP contribution in [0.4, 0.5) is 0 Å². The molecule has 0 radical (unpaired) electrons. The van der Waals surface area contributed by atoms with Crippen molar-refractivity contribution in [1.29, 1.82) is 0 Å². The lowest BCUT2D eigenvalue weighted by atomic mass is 10.1. The second-order valence-electron chi connectivity index (χ2n) is 25.6. The van der Waals surface area contributed by atoms with Crippen molar-refractivity contribution >= 4 is 39.5 Å². The summed E-state index contributed by atoms with van der Waals surface area (Å²) in [5, 5.41) is 10.6. The Bertz CT molecular complexity index is 2240. The summed E-state index contributed by atoms with van der Waals surface area (Å²) in [6, 6.07) is 0. The number of aliphatic hydroxyl groups is 1. The maximum atomic E-state index is 13.1. The Balaban J connectivity index is 5.32. The molecule has 0 heterocycles. The molecule has 5 unspecified atom stereocenters. The van der Waals surface area contributed by atoms with Crippen LogP contribution in [0, 0.1) is 0 Å². The number of unbranched alkanes of at least 4 members (excludes halogenated alkanes) is 30. The van der Waals surface area contributed by atoms with Gasteiger partial charge in [0.25, 0.3) is 0 Å². The smallest absolute Gasteiger partial charge is 0.462 e. The number of aliphatic hydroxyl groups excluding tert-OH is 1. The fourth-order valence-corrected chi connectivity index (χ4v) is 11.7. The summed E-state index contributed by atoms with van der Waals surface area (Å²) in [4.78, 5) is 72.8. The average Bonchev–Trinajstić information content (AvgIpc) is 0.983. The Morgan fingerprint density at radius 3 is 0.878 bits per heavy atom. The summed E-state index contributed by atoms with van der Waals surface area (Å²) in [6.45, 7) is 4.64. The van der Waals surface area contributed by atoms with Crippen LogP contribution in [0.5, 0.6) is 0 Å². The van der Waals surface area contributed by atoms with E-state index in [-0.39, 0.29) is 25.7 Å². The zero-order valence-corrected chi connectivity index (χ0v) is 63.5. The lowest BCUT2D eigenvalue weighted by Gasteiger charge is -2.21. The van der Waals surface area contributed by atoms with Gasteiger partial charge < -0.3 is 33.8 Å². The van der Waals surface area contributed by atoms with Gasteiger partial charge in [-0.25, -0.2) is 9.13 Å². The molecule has 0 spiro atoms. The summed E-state index contributed by atoms with van der Waals surface area (Å²) in [6.07, 6.45) is 74.0. The zero-order valence-electron chi connectivity index (χ0n) is 61.7. The molecule has 98 heavy (non-hydrogen) atoms. The van der Waals surface area contributed by atoms with Crippen LogP contribution < -0.4 is 0 Å². The summed E-state index contributed by atoms with van der Waals surface area (Å²) >= 11 is 0. The standard InChI is InChI=1S/C79H138O17P2/c1-5-9-13-17-21-25-29-32-34-35-36-37-39-42-45-48-52-56-60-64-77(82)89-69-74(95-78(83)65-61-57-53-49-43-28-24-20-16-12-8-4)71-93-97(85,86)91-67-73(80)68-92-98(87,88)94-72-75(96-79(84)66-62-58-54-50-46-40-31-27-23-19-15-11-7-3)70-90-76(81)63-59-55-51-47-44-41-38-33-30-26-22-18-14-10-6-2/h10,14,20-22,24-27,31-34,36-38,73-75,80H,5-9,11-13,15-19,23,28-30,35,39-72H2,1-4H3,(H,85,86)(H,87,88)/b14-10-,24-20-,25-21-,26-22-,31-27-,34-32-,37-36-,38-33-. The molecule has 0 aromatic carbocycles. The van der Waals surface area contributed by atoms with Crippen molar-refractivity contribution in [1.82, 2.24) is 0 Å². The maximum Gasteiger partial charge on any atom is 0.472 e. The van der Waals surface area contributed by atoms with Crippen LogP contribution in [0.15, 0.2) is 97.2 Å². The van der Waals surface area contributed by atoms with Crippen LogP contribution in [0.1, 0.15) is 323 Å². The van der Waals surface area contributed by atoms with E-state index < -0.39 is 97.5 Å². The third-order valence-electron chi connectivity index (χ3n) is 16.0. The summed E-state index contributed by atoms with van der Waals surface area (Å²) in [5.74, 6) is -2.22. The molecule has 0 aromatic rings. The molecule has 0 rings (SSSR count). The van der Waals surface area contributed by atoms with E-state index in [1.807, 2.05) is 0 Å². The van der Waals surface area contributed by atoms with Crippen molar-refractivity contribution in [3.63, 3.8) is 0 Å². The Morgan fingerprint density at radius 1 is 0.296 bits per heavy atom. The highest BCUT2D eigenvalue weighted by atomic mass is 31.2. The SMILES string of the molecule is CC/C=C\C/C=C\C/C=C\CCCCCCCC(=O)OCC(COP(=O)(O)OCC(O)COP(=O)(O)OCC(COC(=O)CCCCCCCC/C=C\C/C=C\C/C=C\CCCCC)OC(=O)CCCCCCC/C=C\CCCC)OC(=O)CCCCCCC/C=C\CCCCCC. The molecule has 17 nitrogen and oxygen atoms in total. The number of carbonyl (C=O) groups is 4. The third kappa shape index (κ3) is 70.4. The molecule has 0 aromatic heterocycles. The predicted octanol–water partition coefficient (Wildman–Crippen LogP) is 22.0. The van der Waals surface area contributed by atoms with Gasteiger partial charge in [0, 0.05) is 25.7 Å². The molecule has 0 saturated carbocycles. The van der Waals surface area contributed by atoms with Gasteiger partial charge in [-0.3, -0.25) is 37.3 Å². The van der Waals surface area contributed by atoms with Gasteiger partial charge in [-0.1, -0.05) is 253 Å². The topological polar surface area (TPSA) is 237 Å². The van der Waals surface area contributed by atoms with E-state index in [0.29, 0.717) is 25.7 Å². The van der Waals surface area contributed by atoms with Crippen molar-refractivity contribution in [3.8, 4) is 0 Å². The summed E-state index contributed by atoms with van der Waals surface area (Å²) < 4.78 is 68.4. The van der Waals surface area contributed by atoms with Gasteiger partial charge in [0.05, 0.1) is 26.4 Å². The molecule has 0 aliphatic rings. The number of phosphoric ester groups is 2. The van der Waals surface area contributed by atoms with Crippen molar-refractivity contribution in [2.45, 2.75) is 341 Å². The first-order chi connectivity index (χ1) is 47.7. The quantitative estimate of drug-likeness (QED) is 0.0169. The second kappa shape index (κ2) is 71.4. The van der Waals surface area contributed by atoms with Gasteiger partial charge in [0.1, 0.15) is 19.3 Å². The predicted molar refractivity (Wildman–Crippen MR) is 399 cm³/mol. The van der Waals surface area contributed by atoms with Gasteiger partial charge in [-0.2, -0.15) is 0 Å². The van der Waals surface area contributed by atoms with Crippen LogP contribution in [-0.4, -0.2) is 96.7 Å². The van der Waals surface area contributed by atoms with Crippen molar-refractivity contribution in [2.75, 3.05) is 39.6 Å². The average molecular weight is 1420 g/mol. The molecule has 566 valence electrons. The Hall–Kier alpha value is -4.02. The van der Waals surface area contributed by atoms with E-state index in [1.54, 1.807) is 0 Å². The number of esters is 4. The van der Waals surface area contributed by atoms with E-state index in [2.05, 4.69) is 125 Å². The molecule has 19 heteroatoms. The first-order valence-electron chi connectivity index (χ1n) is 38.5. The molecule has 0 aliphatic heterocycles. The minimum absolute atomic E-state index is 0.0810. The van der Waals surface area contributed by atoms with E-state index in [0.717, 1.165) is 186 Å². The van der Waals surface area contributed by atoms with Crippen LogP contribution >= 0.6 is 15.6 Å². The Morgan fingerprint density at radius 2 is 0.541 bits per heavy atom. The van der Waals surface area contributed by atoms with Gasteiger partial charge in [0.15, 0.2) is 12.2 Å². The number of phosphoric acid groups is 2. The first-order valence-corrected chi connectivity index (χ1v) is 41.5. The number of ether oxygens (including phenoxy) is 4. The maximum absolute atomic E-state index is 13.1. The van der Waals surface area contributed by atoms with Gasteiger partial charge in [-0.05, 0) is 141 Å². The lowest BCUT2D eigenvalue weighted by molar-refractivity contribution is -0.161. The molecule has 0 bridgehead atoms. The normalized spacial score (nSPS) is 14.5. The van der Waals surface area contributed by atoms with Gasteiger partial charge in [0.2, 0.25) is 0 Å². The number of rotatable bonds is 72. The highest BCUT2D eigenvalue weighted by Gasteiger charge is 2.30. The van der Waals surface area contributed by atoms with E-state index in [1.165, 1.54) is 57.8 Å². The van der Waals surface area contributed by atoms with Crippen LogP contribution in [0.3, 0.4) is 0 Å². The number of carbonyl (C=O) groups excluding carboxylic acids is 4. The largest absolute Gasteiger partial charge is 0.472 e. The molecular formula is C79H138O17P2. The second-order valence-corrected chi connectivity index (χ2v) is 28.5. The minimum Gasteiger partial charge on any atom is -0.462 e. The Labute approximate surface area is 595 Å². The van der Waals surface area contributed by atoms with Crippen LogP contribution in [0.2, 0.25) is 0 Å². The lowest BCUT2D eigenvalue weighted by Crippen LogP contribution is -2.30.